The number of hydrogen-bond acceptors (Lipinski definition) is 7. The molecule has 2 aliphatic carbocycles. The second-order valence-electron chi connectivity index (χ2n) is 9.23. The fraction of sp³-hybridized carbons (Fsp3) is 0.519. The standard InChI is InChI=1S/C27H35IN2O7/c1-3-4-9-24(33)30(19-7-5-6-8-19)21-14-18(27(35)29-10-11-31)15-22(25(21)34)37-26-20(28)12-17(16-32)13-23(26)36-2/h3,12-13,15-16,19,21-22,25,31,34H,1,4-11,14H2,2H3,(H,29,35)/t21-,22+,25+/m1/s1. The molecule has 0 bridgehead atoms. The van der Waals surface area contributed by atoms with E-state index in [1.54, 1.807) is 29.2 Å². The lowest BCUT2D eigenvalue weighted by Gasteiger charge is -2.43. The molecule has 2 aliphatic rings. The Morgan fingerprint density at radius 1 is 1.30 bits per heavy atom. The van der Waals surface area contributed by atoms with Crippen molar-refractivity contribution in [2.24, 2.45) is 0 Å². The molecule has 3 rings (SSSR count). The summed E-state index contributed by atoms with van der Waals surface area (Å²) in [6.45, 7) is 3.59. The average molecular weight is 626 g/mol. The zero-order valence-corrected chi connectivity index (χ0v) is 23.2. The predicted molar refractivity (Wildman–Crippen MR) is 147 cm³/mol. The van der Waals surface area contributed by atoms with Gasteiger partial charge in [0.1, 0.15) is 18.5 Å². The summed E-state index contributed by atoms with van der Waals surface area (Å²) in [6.07, 6.45) is 6.50. The second kappa shape index (κ2) is 13.9. The van der Waals surface area contributed by atoms with Crippen molar-refractivity contribution in [2.75, 3.05) is 20.3 Å². The van der Waals surface area contributed by atoms with Gasteiger partial charge in [-0.1, -0.05) is 18.9 Å². The van der Waals surface area contributed by atoms with Crippen molar-refractivity contribution >= 4 is 40.7 Å². The number of benzene rings is 1. The Bertz CT molecular complexity index is 1020. The summed E-state index contributed by atoms with van der Waals surface area (Å²) < 4.78 is 12.3. The number of nitrogens with zero attached hydrogens (tertiary/aromatic N) is 1. The van der Waals surface area contributed by atoms with Crippen molar-refractivity contribution in [3.05, 3.63) is 45.6 Å². The molecule has 3 atom stereocenters. The minimum Gasteiger partial charge on any atom is -0.493 e. The fourth-order valence-corrected chi connectivity index (χ4v) is 5.76. The summed E-state index contributed by atoms with van der Waals surface area (Å²) in [6, 6.07) is 2.47. The molecule has 0 unspecified atom stereocenters. The van der Waals surface area contributed by atoms with Crippen LogP contribution in [0.15, 0.2) is 36.4 Å². The van der Waals surface area contributed by atoms with Crippen LogP contribution in [0.5, 0.6) is 11.5 Å². The lowest BCUT2D eigenvalue weighted by Crippen LogP contribution is -2.57. The van der Waals surface area contributed by atoms with Crippen LogP contribution in [-0.2, 0) is 9.59 Å². The molecule has 0 saturated heterocycles. The molecular weight excluding hydrogens is 591 g/mol. The quantitative estimate of drug-likeness (QED) is 0.185. The summed E-state index contributed by atoms with van der Waals surface area (Å²) in [5.74, 6) is 0.171. The van der Waals surface area contributed by atoms with E-state index in [2.05, 4.69) is 11.9 Å². The van der Waals surface area contributed by atoms with Crippen molar-refractivity contribution in [2.45, 2.75) is 69.2 Å². The highest BCUT2D eigenvalue weighted by Crippen LogP contribution is 2.38. The van der Waals surface area contributed by atoms with Gasteiger partial charge in [-0.15, -0.1) is 6.58 Å². The Kier molecular flexibility index (Phi) is 11.0. The predicted octanol–water partition coefficient (Wildman–Crippen LogP) is 2.77. The van der Waals surface area contributed by atoms with Crippen LogP contribution in [0.4, 0.5) is 0 Å². The van der Waals surface area contributed by atoms with Gasteiger partial charge >= 0.3 is 0 Å². The molecule has 9 nitrogen and oxygen atoms in total. The summed E-state index contributed by atoms with van der Waals surface area (Å²) in [4.78, 5) is 39.4. The molecule has 1 saturated carbocycles. The van der Waals surface area contributed by atoms with E-state index in [4.69, 9.17) is 9.47 Å². The lowest BCUT2D eigenvalue weighted by molar-refractivity contribution is -0.142. The van der Waals surface area contributed by atoms with Crippen LogP contribution >= 0.6 is 22.6 Å². The van der Waals surface area contributed by atoms with Gasteiger partial charge in [-0.25, -0.2) is 0 Å². The summed E-state index contributed by atoms with van der Waals surface area (Å²) in [5, 5.41) is 23.4. The van der Waals surface area contributed by atoms with Gasteiger partial charge in [-0.2, -0.15) is 0 Å². The summed E-state index contributed by atoms with van der Waals surface area (Å²) in [5.41, 5.74) is 0.780. The number of nitrogens with one attached hydrogen (secondary N) is 1. The topological polar surface area (TPSA) is 125 Å². The van der Waals surface area contributed by atoms with Crippen molar-refractivity contribution in [3.8, 4) is 11.5 Å². The molecule has 0 radical (unpaired) electrons. The monoisotopic (exact) mass is 626 g/mol. The highest BCUT2D eigenvalue weighted by molar-refractivity contribution is 14.1. The fourth-order valence-electron chi connectivity index (χ4n) is 5.00. The number of rotatable bonds is 12. The Hall–Kier alpha value is -2.44. The van der Waals surface area contributed by atoms with Crippen LogP contribution in [0.2, 0.25) is 0 Å². The molecule has 0 heterocycles. The molecule has 0 aromatic heterocycles. The van der Waals surface area contributed by atoms with Crippen molar-refractivity contribution < 1.29 is 34.1 Å². The maximum Gasteiger partial charge on any atom is 0.247 e. The van der Waals surface area contributed by atoms with Gasteiger partial charge in [-0.3, -0.25) is 14.4 Å². The number of halogens is 1. The highest BCUT2D eigenvalue weighted by atomic mass is 127. The molecule has 0 aliphatic heterocycles. The van der Waals surface area contributed by atoms with Crippen LogP contribution < -0.4 is 14.8 Å². The first-order valence-corrected chi connectivity index (χ1v) is 13.6. The zero-order chi connectivity index (χ0) is 26.9. The number of amides is 2. The van der Waals surface area contributed by atoms with E-state index >= 15 is 0 Å². The first-order chi connectivity index (χ1) is 17.8. The molecular formula is C27H35IN2O7. The maximum absolute atomic E-state index is 13.4. The third kappa shape index (κ3) is 7.11. The first-order valence-electron chi connectivity index (χ1n) is 12.5. The van der Waals surface area contributed by atoms with Gasteiger partial charge in [0.25, 0.3) is 0 Å². The van der Waals surface area contributed by atoms with Gasteiger partial charge in [0.2, 0.25) is 11.8 Å². The average Bonchev–Trinajstić information content (AvgIpc) is 3.43. The minimum atomic E-state index is -1.12. The van der Waals surface area contributed by atoms with Crippen LogP contribution in [0, 0.1) is 3.57 Å². The normalized spacial score (nSPS) is 21.6. The van der Waals surface area contributed by atoms with Crippen LogP contribution in [0.3, 0.4) is 0 Å². The second-order valence-corrected chi connectivity index (χ2v) is 10.4. The number of carbonyl (C=O) groups excluding carboxylic acids is 3. The minimum absolute atomic E-state index is 0.0287. The van der Waals surface area contributed by atoms with E-state index in [0.29, 0.717) is 38.9 Å². The Morgan fingerprint density at radius 3 is 2.65 bits per heavy atom. The number of aliphatic hydroxyl groups excluding tert-OH is 2. The van der Waals surface area contributed by atoms with E-state index < -0.39 is 18.2 Å². The van der Waals surface area contributed by atoms with E-state index in [0.717, 1.165) is 25.7 Å². The molecule has 1 aromatic rings. The SMILES string of the molecule is C=CCCC(=O)N(C1CCCC1)[C@@H]1CC(C(=O)NCCO)=C[C@H](Oc2c(I)cc(C=O)cc2OC)[C@H]1O. The number of hydrogen-bond donors (Lipinski definition) is 3. The van der Waals surface area contributed by atoms with Crippen molar-refractivity contribution in [1.82, 2.24) is 10.2 Å². The smallest absolute Gasteiger partial charge is 0.247 e. The van der Waals surface area contributed by atoms with Crippen molar-refractivity contribution in [1.29, 1.82) is 0 Å². The maximum atomic E-state index is 13.4. The van der Waals surface area contributed by atoms with Crippen LogP contribution in [0.25, 0.3) is 0 Å². The Morgan fingerprint density at radius 2 is 2.03 bits per heavy atom. The Labute approximate surface area is 231 Å². The van der Waals surface area contributed by atoms with E-state index in [-0.39, 0.29) is 43.8 Å². The van der Waals surface area contributed by atoms with Crippen molar-refractivity contribution in [3.63, 3.8) is 0 Å². The zero-order valence-electron chi connectivity index (χ0n) is 21.0. The molecule has 1 fully saturated rings. The number of aldehydes is 1. The number of methoxy groups -OCH3 is 1. The highest BCUT2D eigenvalue weighted by Gasteiger charge is 2.43. The van der Waals surface area contributed by atoms with Gasteiger partial charge in [0, 0.05) is 36.6 Å². The van der Waals surface area contributed by atoms with Gasteiger partial charge in [0.15, 0.2) is 11.5 Å². The third-order valence-electron chi connectivity index (χ3n) is 6.78. The van der Waals surface area contributed by atoms with Crippen LogP contribution in [-0.4, -0.2) is 77.8 Å². The summed E-state index contributed by atoms with van der Waals surface area (Å²) >= 11 is 2.03. The van der Waals surface area contributed by atoms with Gasteiger partial charge < -0.3 is 29.9 Å². The largest absolute Gasteiger partial charge is 0.493 e. The number of aliphatic hydroxyl groups is 2. The first kappa shape index (κ1) is 29.1. The molecule has 3 N–H and O–H groups in total. The molecule has 10 heteroatoms. The molecule has 202 valence electrons. The number of allylic oxidation sites excluding steroid dienone is 1. The molecule has 0 spiro atoms. The lowest BCUT2D eigenvalue weighted by atomic mass is 9.87. The van der Waals surface area contributed by atoms with E-state index in [9.17, 15) is 24.6 Å². The molecule has 37 heavy (non-hydrogen) atoms. The third-order valence-corrected chi connectivity index (χ3v) is 7.58. The van der Waals surface area contributed by atoms with Gasteiger partial charge in [-0.05, 0) is 60.1 Å². The van der Waals surface area contributed by atoms with E-state index in [1.807, 2.05) is 22.6 Å². The number of ether oxygens (including phenoxy) is 2. The Balaban J connectivity index is 2.01. The number of carbonyl (C=O) groups is 3. The molecule has 1 aromatic carbocycles. The van der Waals surface area contributed by atoms with E-state index in [1.165, 1.54) is 7.11 Å². The summed E-state index contributed by atoms with van der Waals surface area (Å²) in [7, 11) is 1.46. The molecule has 2 amide bonds. The van der Waals surface area contributed by atoms with Crippen LogP contribution in [0.1, 0.15) is 55.3 Å². The van der Waals surface area contributed by atoms with Gasteiger partial charge in [0.05, 0.1) is 23.3 Å².